The lowest BCUT2D eigenvalue weighted by Crippen LogP contribution is -2.62. The Morgan fingerprint density at radius 3 is 2.73 bits per heavy atom. The average molecular weight is 439 g/mol. The molecule has 0 aromatic carbocycles. The summed E-state index contributed by atoms with van der Waals surface area (Å²) in [4.78, 5) is 5.02. The maximum Gasteiger partial charge on any atom is 0.151 e. The van der Waals surface area contributed by atoms with E-state index in [0.29, 0.717) is 19.9 Å². The first-order chi connectivity index (χ1) is 14.2. The fraction of sp³-hybridized carbons (Fsp3) is 0.864. The predicted molar refractivity (Wildman–Crippen MR) is 124 cm³/mol. The zero-order valence-corrected chi connectivity index (χ0v) is 20.9. The summed E-state index contributed by atoms with van der Waals surface area (Å²) in [5.41, 5.74) is 1.21. The maximum atomic E-state index is 5.94. The number of piperazine rings is 1. The van der Waals surface area contributed by atoms with Gasteiger partial charge in [-0.25, -0.2) is 4.68 Å². The summed E-state index contributed by atoms with van der Waals surface area (Å²) in [6.07, 6.45) is 1.27. The molecule has 7 nitrogen and oxygen atoms in total. The summed E-state index contributed by atoms with van der Waals surface area (Å²) >= 11 is 0. The molecule has 0 bridgehead atoms. The number of rotatable bonds is 9. The standard InChI is InChI=1S/C22H42N4O3Si/c1-7-22(3)17-24(15-20-16-27-10-11-29-20)8-9-25(22)21-14-19(2)26(23-21)18-28-12-13-30(4,5)6/h14,20H,7-13,15-18H2,1-6H3. The summed E-state index contributed by atoms with van der Waals surface area (Å²) in [6, 6.07) is 3.40. The fourth-order valence-electron chi connectivity index (χ4n) is 4.22. The van der Waals surface area contributed by atoms with Crippen molar-refractivity contribution in [3.05, 3.63) is 11.8 Å². The van der Waals surface area contributed by atoms with E-state index in [1.54, 1.807) is 0 Å². The lowest BCUT2D eigenvalue weighted by Gasteiger charge is -2.49. The first-order valence-electron chi connectivity index (χ1n) is 11.5. The average Bonchev–Trinajstić information content (AvgIpc) is 3.05. The highest BCUT2D eigenvalue weighted by atomic mass is 28.3. The molecule has 1 aromatic rings. The second kappa shape index (κ2) is 10.1. The number of ether oxygens (including phenoxy) is 3. The zero-order chi connectivity index (χ0) is 21.8. The first kappa shape index (κ1) is 23.7. The lowest BCUT2D eigenvalue weighted by molar-refractivity contribution is -0.0996. The summed E-state index contributed by atoms with van der Waals surface area (Å²) in [5.74, 6) is 1.07. The summed E-state index contributed by atoms with van der Waals surface area (Å²) in [6.45, 7) is 21.4. The van der Waals surface area contributed by atoms with Crippen molar-refractivity contribution in [2.75, 3.05) is 57.5 Å². The third kappa shape index (κ3) is 6.29. The minimum atomic E-state index is -1.06. The van der Waals surface area contributed by atoms with Crippen LogP contribution in [0.2, 0.25) is 25.7 Å². The maximum absolute atomic E-state index is 5.94. The molecular weight excluding hydrogens is 396 g/mol. The molecule has 0 radical (unpaired) electrons. The number of hydrogen-bond donors (Lipinski definition) is 0. The molecular formula is C22H42N4O3Si. The van der Waals surface area contributed by atoms with Crippen molar-refractivity contribution in [1.29, 1.82) is 0 Å². The largest absolute Gasteiger partial charge is 0.376 e. The first-order valence-corrected chi connectivity index (χ1v) is 15.2. The van der Waals surface area contributed by atoms with Crippen LogP contribution >= 0.6 is 0 Å². The molecule has 2 atom stereocenters. The number of hydrogen-bond acceptors (Lipinski definition) is 6. The van der Waals surface area contributed by atoms with Gasteiger partial charge in [0.2, 0.25) is 0 Å². The van der Waals surface area contributed by atoms with Crippen molar-refractivity contribution in [2.24, 2.45) is 0 Å². The molecule has 2 aliphatic rings. The van der Waals surface area contributed by atoms with Crippen LogP contribution < -0.4 is 4.90 Å². The highest BCUT2D eigenvalue weighted by Gasteiger charge is 2.38. The third-order valence-electron chi connectivity index (χ3n) is 6.42. The molecule has 0 saturated carbocycles. The van der Waals surface area contributed by atoms with Gasteiger partial charge in [0.25, 0.3) is 0 Å². The number of nitrogens with zero attached hydrogens (tertiary/aromatic N) is 4. The number of aryl methyl sites for hydroxylation is 1. The van der Waals surface area contributed by atoms with E-state index in [4.69, 9.17) is 19.3 Å². The van der Waals surface area contributed by atoms with Crippen LogP contribution in [-0.2, 0) is 20.9 Å². The van der Waals surface area contributed by atoms with Gasteiger partial charge in [-0.3, -0.25) is 4.90 Å². The van der Waals surface area contributed by atoms with Gasteiger partial charge in [0.15, 0.2) is 5.82 Å². The van der Waals surface area contributed by atoms with Gasteiger partial charge in [-0.2, -0.15) is 5.10 Å². The molecule has 30 heavy (non-hydrogen) atoms. The van der Waals surface area contributed by atoms with Crippen molar-refractivity contribution >= 4 is 13.9 Å². The molecule has 0 aliphatic carbocycles. The Kier molecular flexibility index (Phi) is 8.01. The molecule has 2 unspecified atom stereocenters. The predicted octanol–water partition coefficient (Wildman–Crippen LogP) is 3.21. The minimum Gasteiger partial charge on any atom is -0.376 e. The fourth-order valence-corrected chi connectivity index (χ4v) is 4.98. The highest BCUT2D eigenvalue weighted by molar-refractivity contribution is 6.76. The minimum absolute atomic E-state index is 0.0537. The van der Waals surface area contributed by atoms with Gasteiger partial charge < -0.3 is 19.1 Å². The van der Waals surface area contributed by atoms with Crippen molar-refractivity contribution in [1.82, 2.24) is 14.7 Å². The Bertz CT molecular complexity index is 672. The van der Waals surface area contributed by atoms with E-state index in [1.165, 1.54) is 6.04 Å². The van der Waals surface area contributed by atoms with Gasteiger partial charge in [0, 0.05) is 52.6 Å². The van der Waals surface area contributed by atoms with Crippen LogP contribution in [0.5, 0.6) is 0 Å². The molecule has 0 amide bonds. The molecule has 1 aromatic heterocycles. The summed E-state index contributed by atoms with van der Waals surface area (Å²) < 4.78 is 19.4. The van der Waals surface area contributed by atoms with E-state index in [9.17, 15) is 0 Å². The van der Waals surface area contributed by atoms with Crippen LogP contribution in [0.4, 0.5) is 5.82 Å². The van der Waals surface area contributed by atoms with Crippen molar-refractivity contribution in [2.45, 2.75) is 71.3 Å². The van der Waals surface area contributed by atoms with Gasteiger partial charge in [-0.05, 0) is 26.3 Å². The second-order valence-corrected chi connectivity index (χ2v) is 15.9. The lowest BCUT2D eigenvalue weighted by atomic mass is 9.92. The molecule has 3 rings (SSSR count). The Hall–Kier alpha value is -0.933. The van der Waals surface area contributed by atoms with Crippen LogP contribution in [0.3, 0.4) is 0 Å². The highest BCUT2D eigenvalue weighted by Crippen LogP contribution is 2.30. The van der Waals surface area contributed by atoms with E-state index in [0.717, 1.165) is 57.3 Å². The number of anilines is 1. The molecule has 2 saturated heterocycles. The molecule has 2 fully saturated rings. The van der Waals surface area contributed by atoms with Crippen LogP contribution in [-0.4, -0.2) is 87.0 Å². The SMILES string of the molecule is CCC1(C)CN(CC2COCCO2)CCN1c1cc(C)n(COCC[Si](C)(C)C)n1. The smallest absolute Gasteiger partial charge is 0.151 e. The van der Waals surface area contributed by atoms with Gasteiger partial charge in [0.05, 0.1) is 31.5 Å². The Morgan fingerprint density at radius 2 is 2.07 bits per heavy atom. The second-order valence-electron chi connectivity index (χ2n) is 10.3. The molecule has 172 valence electrons. The van der Waals surface area contributed by atoms with Crippen LogP contribution in [0.15, 0.2) is 6.07 Å². The molecule has 0 N–H and O–H groups in total. The summed E-state index contributed by atoms with van der Waals surface area (Å²) in [7, 11) is -1.06. The van der Waals surface area contributed by atoms with Gasteiger partial charge in [-0.15, -0.1) is 0 Å². The van der Waals surface area contributed by atoms with E-state index in [-0.39, 0.29) is 11.6 Å². The molecule has 2 aliphatic heterocycles. The monoisotopic (exact) mass is 438 g/mol. The third-order valence-corrected chi connectivity index (χ3v) is 8.12. The van der Waals surface area contributed by atoms with E-state index in [2.05, 4.69) is 56.3 Å². The summed E-state index contributed by atoms with van der Waals surface area (Å²) in [5, 5.41) is 4.92. The van der Waals surface area contributed by atoms with Crippen LogP contribution in [0, 0.1) is 6.92 Å². The van der Waals surface area contributed by atoms with Crippen LogP contribution in [0.25, 0.3) is 0 Å². The van der Waals surface area contributed by atoms with E-state index in [1.807, 2.05) is 4.68 Å². The Labute approximate surface area is 183 Å². The quantitative estimate of drug-likeness (QED) is 0.436. The van der Waals surface area contributed by atoms with Gasteiger partial charge >= 0.3 is 0 Å². The molecule has 8 heteroatoms. The number of aromatic nitrogens is 2. The van der Waals surface area contributed by atoms with Crippen LogP contribution in [0.1, 0.15) is 26.0 Å². The van der Waals surface area contributed by atoms with E-state index < -0.39 is 8.07 Å². The normalized spacial score (nSPS) is 26.3. The Balaban J connectivity index is 1.59. The van der Waals surface area contributed by atoms with Gasteiger partial charge in [-0.1, -0.05) is 26.6 Å². The van der Waals surface area contributed by atoms with E-state index >= 15 is 0 Å². The zero-order valence-electron chi connectivity index (χ0n) is 19.9. The molecule has 3 heterocycles. The van der Waals surface area contributed by atoms with Crippen molar-refractivity contribution in [3.63, 3.8) is 0 Å². The van der Waals surface area contributed by atoms with Crippen molar-refractivity contribution < 1.29 is 14.2 Å². The molecule has 0 spiro atoms. The topological polar surface area (TPSA) is 52.0 Å². The van der Waals surface area contributed by atoms with Gasteiger partial charge in [0.1, 0.15) is 6.73 Å². The Morgan fingerprint density at radius 1 is 1.27 bits per heavy atom. The van der Waals surface area contributed by atoms with Crippen molar-refractivity contribution in [3.8, 4) is 0 Å².